The maximum absolute atomic E-state index is 12.9. The number of nitrogens with one attached hydrogen (secondary N) is 1. The number of halogens is 3. The molecule has 0 aliphatic rings. The molecule has 0 saturated heterocycles. The molecule has 4 rings (SSSR count). The van der Waals surface area contributed by atoms with Gasteiger partial charge >= 0.3 is 6.18 Å². The highest BCUT2D eigenvalue weighted by Gasteiger charge is 2.30. The molecule has 0 unspecified atom stereocenters. The second-order valence-electron chi connectivity index (χ2n) is 6.72. The molecule has 2 aromatic heterocycles. The Morgan fingerprint density at radius 2 is 1.81 bits per heavy atom. The summed E-state index contributed by atoms with van der Waals surface area (Å²) >= 11 is 1.20. The Hall–Kier alpha value is -3.43. The summed E-state index contributed by atoms with van der Waals surface area (Å²) in [6.45, 7) is 0.463. The first-order chi connectivity index (χ1) is 14.8. The summed E-state index contributed by atoms with van der Waals surface area (Å²) in [5, 5.41) is 6.85. The Labute approximate surface area is 179 Å². The van der Waals surface area contributed by atoms with E-state index in [2.05, 4.69) is 10.3 Å². The van der Waals surface area contributed by atoms with Crippen molar-refractivity contribution in [1.29, 1.82) is 0 Å². The molecule has 0 aliphatic heterocycles. The van der Waals surface area contributed by atoms with E-state index in [4.69, 9.17) is 5.84 Å². The first-order valence-corrected chi connectivity index (χ1v) is 10.1. The molecule has 0 bridgehead atoms. The highest BCUT2D eigenvalue weighted by molar-refractivity contribution is 7.12. The van der Waals surface area contributed by atoms with Gasteiger partial charge in [-0.3, -0.25) is 9.78 Å². The highest BCUT2D eigenvalue weighted by Crippen LogP contribution is 2.31. The van der Waals surface area contributed by atoms with Crippen LogP contribution in [0.25, 0.3) is 10.9 Å². The highest BCUT2D eigenvalue weighted by atomic mass is 32.1. The van der Waals surface area contributed by atoms with Gasteiger partial charge in [0.05, 0.1) is 22.5 Å². The summed E-state index contributed by atoms with van der Waals surface area (Å²) in [6, 6.07) is 15.6. The molecule has 0 atom stereocenters. The Bertz CT molecular complexity index is 1220. The summed E-state index contributed by atoms with van der Waals surface area (Å²) in [6.07, 6.45) is -2.73. The Balaban J connectivity index is 1.51. The van der Waals surface area contributed by atoms with Crippen molar-refractivity contribution in [1.82, 2.24) is 4.98 Å². The molecule has 0 aliphatic carbocycles. The monoisotopic (exact) mass is 442 g/mol. The standard InChI is InChI=1S/C22H17F3N4OS/c23-22(24,25)15-5-7-16(8-6-15)29(26)21(30)20-19(10-12-31-20)28-13-14-9-11-27-18-4-2-1-3-17(14)18/h1-12,28H,13,26H2. The van der Waals surface area contributed by atoms with Gasteiger partial charge in [0, 0.05) is 18.1 Å². The number of carbonyl (C=O) groups excluding carboxylic acids is 1. The Morgan fingerprint density at radius 3 is 2.55 bits per heavy atom. The van der Waals surface area contributed by atoms with Crippen molar-refractivity contribution in [2.45, 2.75) is 12.7 Å². The average molecular weight is 442 g/mol. The van der Waals surface area contributed by atoms with Crippen LogP contribution in [0.4, 0.5) is 24.5 Å². The number of hydrogen-bond donors (Lipinski definition) is 2. The molecular formula is C22H17F3N4OS. The van der Waals surface area contributed by atoms with E-state index < -0.39 is 17.6 Å². The molecule has 5 nitrogen and oxygen atoms in total. The van der Waals surface area contributed by atoms with Gasteiger partial charge in [-0.1, -0.05) is 18.2 Å². The zero-order chi connectivity index (χ0) is 22.0. The second kappa shape index (κ2) is 8.37. The van der Waals surface area contributed by atoms with Crippen LogP contribution >= 0.6 is 11.3 Å². The first-order valence-electron chi connectivity index (χ1n) is 9.25. The van der Waals surface area contributed by atoms with Crippen molar-refractivity contribution in [2.24, 2.45) is 5.84 Å². The summed E-state index contributed by atoms with van der Waals surface area (Å²) in [5.41, 5.74) is 1.84. The van der Waals surface area contributed by atoms with Gasteiger partial charge in [0.2, 0.25) is 0 Å². The summed E-state index contributed by atoms with van der Waals surface area (Å²) < 4.78 is 38.3. The molecule has 1 amide bonds. The third-order valence-corrected chi connectivity index (χ3v) is 5.66. The fourth-order valence-electron chi connectivity index (χ4n) is 3.15. The lowest BCUT2D eigenvalue weighted by Gasteiger charge is -2.18. The third-order valence-electron chi connectivity index (χ3n) is 4.76. The number of fused-ring (bicyclic) bond motifs is 1. The average Bonchev–Trinajstić information content (AvgIpc) is 3.24. The number of hydrogen-bond acceptors (Lipinski definition) is 5. The predicted molar refractivity (Wildman–Crippen MR) is 116 cm³/mol. The van der Waals surface area contributed by atoms with E-state index in [1.165, 1.54) is 23.5 Å². The van der Waals surface area contributed by atoms with Crippen LogP contribution in [0.15, 0.2) is 72.2 Å². The number of benzene rings is 2. The number of anilines is 2. The fourth-order valence-corrected chi connectivity index (χ4v) is 3.96. The fraction of sp³-hybridized carbons (Fsp3) is 0.0909. The van der Waals surface area contributed by atoms with E-state index >= 15 is 0 Å². The molecule has 0 fully saturated rings. The number of thiophene rings is 1. The van der Waals surface area contributed by atoms with Crippen molar-refractivity contribution < 1.29 is 18.0 Å². The molecule has 0 spiro atoms. The second-order valence-corrected chi connectivity index (χ2v) is 7.64. The molecule has 31 heavy (non-hydrogen) atoms. The number of nitrogens with zero attached hydrogens (tertiary/aromatic N) is 2. The van der Waals surface area contributed by atoms with E-state index in [9.17, 15) is 18.0 Å². The predicted octanol–water partition coefficient (Wildman–Crippen LogP) is 5.45. The minimum absolute atomic E-state index is 0.164. The zero-order valence-electron chi connectivity index (χ0n) is 16.1. The van der Waals surface area contributed by atoms with E-state index in [-0.39, 0.29) is 5.69 Å². The maximum Gasteiger partial charge on any atom is 0.416 e. The lowest BCUT2D eigenvalue weighted by Crippen LogP contribution is -2.37. The number of hydrazine groups is 1. The quantitative estimate of drug-likeness (QED) is 0.245. The normalized spacial score (nSPS) is 11.5. The minimum atomic E-state index is -4.45. The van der Waals surface area contributed by atoms with Crippen molar-refractivity contribution in [2.75, 3.05) is 10.3 Å². The molecule has 9 heteroatoms. The SMILES string of the molecule is NN(C(=O)c1sccc1NCc1ccnc2ccccc12)c1ccc(C(F)(F)F)cc1. The van der Waals surface area contributed by atoms with Crippen LogP contribution < -0.4 is 16.2 Å². The number of para-hydroxylation sites is 1. The van der Waals surface area contributed by atoms with Gasteiger partial charge in [-0.05, 0) is 53.4 Å². The van der Waals surface area contributed by atoms with Crippen molar-refractivity contribution in [3.63, 3.8) is 0 Å². The van der Waals surface area contributed by atoms with E-state index in [1.54, 1.807) is 17.6 Å². The Kier molecular flexibility index (Phi) is 5.62. The van der Waals surface area contributed by atoms with Gasteiger partial charge in [0.1, 0.15) is 4.88 Å². The first kappa shape index (κ1) is 20.8. The number of nitrogens with two attached hydrogens (primary N) is 1. The van der Waals surface area contributed by atoms with E-state index in [1.807, 2.05) is 30.3 Å². The molecule has 3 N–H and O–H groups in total. The minimum Gasteiger partial charge on any atom is -0.380 e. The number of rotatable bonds is 5. The molecule has 158 valence electrons. The van der Waals surface area contributed by atoms with Crippen LogP contribution in [0.2, 0.25) is 0 Å². The summed E-state index contributed by atoms with van der Waals surface area (Å²) in [7, 11) is 0. The number of aromatic nitrogens is 1. The smallest absolute Gasteiger partial charge is 0.380 e. The number of pyridine rings is 1. The molecule has 2 aromatic carbocycles. The van der Waals surface area contributed by atoms with Gasteiger partial charge < -0.3 is 5.32 Å². The molecule has 0 saturated carbocycles. The maximum atomic E-state index is 12.9. The number of amides is 1. The van der Waals surface area contributed by atoms with Crippen LogP contribution in [0.5, 0.6) is 0 Å². The molecule has 4 aromatic rings. The van der Waals surface area contributed by atoms with Gasteiger partial charge in [-0.25, -0.2) is 10.9 Å². The van der Waals surface area contributed by atoms with Crippen LogP contribution in [0, 0.1) is 0 Å². The van der Waals surface area contributed by atoms with Gasteiger partial charge in [0.25, 0.3) is 5.91 Å². The lowest BCUT2D eigenvalue weighted by atomic mass is 10.1. The molecule has 2 heterocycles. The van der Waals surface area contributed by atoms with E-state index in [0.29, 0.717) is 17.1 Å². The number of carbonyl (C=O) groups is 1. The summed E-state index contributed by atoms with van der Waals surface area (Å²) in [5.74, 6) is 5.40. The number of alkyl halides is 3. The van der Waals surface area contributed by atoms with Crippen molar-refractivity contribution in [3.05, 3.63) is 88.2 Å². The lowest BCUT2D eigenvalue weighted by molar-refractivity contribution is -0.137. The van der Waals surface area contributed by atoms with Crippen LogP contribution in [0.3, 0.4) is 0 Å². The summed E-state index contributed by atoms with van der Waals surface area (Å²) in [4.78, 5) is 17.6. The molecule has 0 radical (unpaired) electrons. The van der Waals surface area contributed by atoms with Gasteiger partial charge in [-0.2, -0.15) is 13.2 Å². The van der Waals surface area contributed by atoms with Crippen molar-refractivity contribution >= 4 is 39.5 Å². The van der Waals surface area contributed by atoms with Gasteiger partial charge in [0.15, 0.2) is 0 Å². The van der Waals surface area contributed by atoms with Crippen molar-refractivity contribution in [3.8, 4) is 0 Å². The van der Waals surface area contributed by atoms with Gasteiger partial charge in [-0.15, -0.1) is 11.3 Å². The third kappa shape index (κ3) is 4.37. The zero-order valence-corrected chi connectivity index (χ0v) is 16.9. The molecular weight excluding hydrogens is 425 g/mol. The van der Waals surface area contributed by atoms with Crippen LogP contribution in [0.1, 0.15) is 20.8 Å². The Morgan fingerprint density at radius 1 is 1.06 bits per heavy atom. The van der Waals surface area contributed by atoms with Crippen LogP contribution in [-0.4, -0.2) is 10.9 Å². The topological polar surface area (TPSA) is 71.2 Å². The van der Waals surface area contributed by atoms with E-state index in [0.717, 1.165) is 33.6 Å². The largest absolute Gasteiger partial charge is 0.416 e. The van der Waals surface area contributed by atoms with Crippen LogP contribution in [-0.2, 0) is 12.7 Å².